The standard InChI is InChI=1S/C19H16BrFN4O/c20-12-8-9-22-16(10-12)19(26)24-15-5-3-7-17-13(15)11-23-25(17)18-6-2-1-4-14(18)21/h1-2,4,6,8-11,15H,3,5,7H2,(H,24,26)/t15-/m1/s1. The van der Waals surface area contributed by atoms with Crippen LogP contribution in [0.1, 0.15) is 40.6 Å². The molecule has 5 nitrogen and oxygen atoms in total. The van der Waals surface area contributed by atoms with Crippen molar-refractivity contribution in [2.45, 2.75) is 25.3 Å². The van der Waals surface area contributed by atoms with Gasteiger partial charge in [-0.25, -0.2) is 9.07 Å². The summed E-state index contributed by atoms with van der Waals surface area (Å²) in [5.41, 5.74) is 2.65. The molecule has 1 aliphatic rings. The number of rotatable bonds is 3. The van der Waals surface area contributed by atoms with Gasteiger partial charge in [-0.15, -0.1) is 0 Å². The zero-order chi connectivity index (χ0) is 18.1. The molecular formula is C19H16BrFN4O. The smallest absolute Gasteiger partial charge is 0.270 e. The molecular weight excluding hydrogens is 399 g/mol. The number of pyridine rings is 1. The van der Waals surface area contributed by atoms with E-state index in [1.54, 1.807) is 47.4 Å². The quantitative estimate of drug-likeness (QED) is 0.704. The maximum absolute atomic E-state index is 14.1. The number of fused-ring (bicyclic) bond motifs is 1. The summed E-state index contributed by atoms with van der Waals surface area (Å²) >= 11 is 3.35. The van der Waals surface area contributed by atoms with Crippen LogP contribution in [0.3, 0.4) is 0 Å². The number of amides is 1. The molecule has 1 atom stereocenters. The van der Waals surface area contributed by atoms with Crippen molar-refractivity contribution in [3.63, 3.8) is 0 Å². The van der Waals surface area contributed by atoms with Gasteiger partial charge in [0.1, 0.15) is 17.2 Å². The van der Waals surface area contributed by atoms with Gasteiger partial charge in [0.15, 0.2) is 0 Å². The van der Waals surface area contributed by atoms with Gasteiger partial charge in [0.05, 0.1) is 12.2 Å². The normalized spacial score (nSPS) is 16.2. The number of carbonyl (C=O) groups excluding carboxylic acids is 1. The van der Waals surface area contributed by atoms with E-state index >= 15 is 0 Å². The lowest BCUT2D eigenvalue weighted by Crippen LogP contribution is -2.31. The predicted octanol–water partition coefficient (Wildman–Crippen LogP) is 3.98. The number of hydrogen-bond acceptors (Lipinski definition) is 3. The molecule has 0 radical (unpaired) electrons. The SMILES string of the molecule is O=C(N[C@@H]1CCCc2c1cnn2-c1ccccc1F)c1cc(Br)ccn1. The van der Waals surface area contributed by atoms with E-state index in [-0.39, 0.29) is 17.8 Å². The molecule has 26 heavy (non-hydrogen) atoms. The number of nitrogens with one attached hydrogen (secondary N) is 1. The average molecular weight is 415 g/mol. The summed E-state index contributed by atoms with van der Waals surface area (Å²) in [5, 5.41) is 7.40. The highest BCUT2D eigenvalue weighted by Gasteiger charge is 2.27. The third-order valence-corrected chi connectivity index (χ3v) is 5.02. The van der Waals surface area contributed by atoms with Crippen LogP contribution < -0.4 is 5.32 Å². The summed E-state index contributed by atoms with van der Waals surface area (Å²) in [5.74, 6) is -0.550. The number of aromatic nitrogens is 3. The molecule has 0 saturated carbocycles. The lowest BCUT2D eigenvalue weighted by Gasteiger charge is -2.24. The monoisotopic (exact) mass is 414 g/mol. The molecule has 3 aromatic rings. The first kappa shape index (κ1) is 16.9. The van der Waals surface area contributed by atoms with E-state index in [4.69, 9.17) is 0 Å². The van der Waals surface area contributed by atoms with E-state index in [9.17, 15) is 9.18 Å². The van der Waals surface area contributed by atoms with Crippen LogP contribution in [0.25, 0.3) is 5.69 Å². The van der Waals surface area contributed by atoms with Crippen LogP contribution in [0.2, 0.25) is 0 Å². The third-order valence-electron chi connectivity index (χ3n) is 4.52. The number of halogens is 2. The summed E-state index contributed by atoms with van der Waals surface area (Å²) in [7, 11) is 0. The first-order valence-corrected chi connectivity index (χ1v) is 9.17. The van der Waals surface area contributed by atoms with E-state index in [1.165, 1.54) is 6.07 Å². The fourth-order valence-electron chi connectivity index (χ4n) is 3.30. The second-order valence-electron chi connectivity index (χ2n) is 6.19. The van der Waals surface area contributed by atoms with E-state index < -0.39 is 0 Å². The molecule has 2 heterocycles. The van der Waals surface area contributed by atoms with E-state index in [2.05, 4.69) is 31.3 Å². The van der Waals surface area contributed by atoms with E-state index in [1.807, 2.05) is 0 Å². The Morgan fingerprint density at radius 2 is 2.15 bits per heavy atom. The number of hydrogen-bond donors (Lipinski definition) is 1. The first-order valence-electron chi connectivity index (χ1n) is 8.37. The van der Waals surface area contributed by atoms with Crippen molar-refractivity contribution < 1.29 is 9.18 Å². The molecule has 4 rings (SSSR count). The van der Waals surface area contributed by atoms with Crippen LogP contribution in [0.15, 0.2) is 53.3 Å². The number of carbonyl (C=O) groups is 1. The zero-order valence-corrected chi connectivity index (χ0v) is 15.4. The highest BCUT2D eigenvalue weighted by Crippen LogP contribution is 2.31. The molecule has 2 aromatic heterocycles. The highest BCUT2D eigenvalue weighted by molar-refractivity contribution is 9.10. The molecule has 0 saturated heterocycles. The van der Waals surface area contributed by atoms with Gasteiger partial charge in [-0.05, 0) is 43.5 Å². The van der Waals surface area contributed by atoms with Crippen molar-refractivity contribution in [2.75, 3.05) is 0 Å². The van der Waals surface area contributed by atoms with Crippen molar-refractivity contribution in [1.29, 1.82) is 0 Å². The van der Waals surface area contributed by atoms with Crippen LogP contribution >= 0.6 is 15.9 Å². The van der Waals surface area contributed by atoms with Gasteiger partial charge in [-0.2, -0.15) is 5.10 Å². The Labute approximate surface area is 158 Å². The molecule has 1 aliphatic carbocycles. The lowest BCUT2D eigenvalue weighted by atomic mass is 9.92. The molecule has 1 aromatic carbocycles. The van der Waals surface area contributed by atoms with Gasteiger partial charge in [0, 0.05) is 21.9 Å². The van der Waals surface area contributed by atoms with Crippen LogP contribution in [0, 0.1) is 5.82 Å². The van der Waals surface area contributed by atoms with Gasteiger partial charge in [0.2, 0.25) is 0 Å². The maximum Gasteiger partial charge on any atom is 0.270 e. The molecule has 1 amide bonds. The zero-order valence-electron chi connectivity index (χ0n) is 13.8. The Morgan fingerprint density at radius 3 is 2.96 bits per heavy atom. The van der Waals surface area contributed by atoms with Crippen LogP contribution in [-0.4, -0.2) is 20.7 Å². The maximum atomic E-state index is 14.1. The van der Waals surface area contributed by atoms with Crippen molar-refractivity contribution in [1.82, 2.24) is 20.1 Å². The van der Waals surface area contributed by atoms with Gasteiger partial charge >= 0.3 is 0 Å². The minimum absolute atomic E-state index is 0.160. The summed E-state index contributed by atoms with van der Waals surface area (Å²) in [6, 6.07) is 9.86. The summed E-state index contributed by atoms with van der Waals surface area (Å²) in [6.07, 6.45) is 5.81. The highest BCUT2D eigenvalue weighted by atomic mass is 79.9. The van der Waals surface area contributed by atoms with Gasteiger partial charge in [-0.1, -0.05) is 28.1 Å². The Bertz CT molecular complexity index is 972. The second kappa shape index (κ2) is 6.99. The summed E-state index contributed by atoms with van der Waals surface area (Å²) in [6.45, 7) is 0. The molecule has 1 N–H and O–H groups in total. The van der Waals surface area contributed by atoms with Crippen molar-refractivity contribution in [3.05, 3.63) is 76.0 Å². The molecule has 0 spiro atoms. The van der Waals surface area contributed by atoms with Crippen molar-refractivity contribution in [2.24, 2.45) is 0 Å². The Balaban J connectivity index is 1.63. The van der Waals surface area contributed by atoms with Gasteiger partial charge in [0.25, 0.3) is 5.91 Å². The van der Waals surface area contributed by atoms with Crippen molar-refractivity contribution in [3.8, 4) is 5.69 Å². The number of para-hydroxylation sites is 1. The number of nitrogens with zero attached hydrogens (tertiary/aromatic N) is 3. The molecule has 132 valence electrons. The lowest BCUT2D eigenvalue weighted by molar-refractivity contribution is 0.0927. The minimum Gasteiger partial charge on any atom is -0.344 e. The summed E-state index contributed by atoms with van der Waals surface area (Å²) < 4.78 is 16.6. The van der Waals surface area contributed by atoms with Crippen LogP contribution in [0.4, 0.5) is 4.39 Å². The van der Waals surface area contributed by atoms with Gasteiger partial charge in [-0.3, -0.25) is 9.78 Å². The molecule has 0 unspecified atom stereocenters. The molecule has 0 aliphatic heterocycles. The molecule has 0 bridgehead atoms. The summed E-state index contributed by atoms with van der Waals surface area (Å²) in [4.78, 5) is 16.6. The van der Waals surface area contributed by atoms with Gasteiger partial charge < -0.3 is 5.32 Å². The largest absolute Gasteiger partial charge is 0.344 e. The molecule has 7 heteroatoms. The fourth-order valence-corrected chi connectivity index (χ4v) is 3.63. The first-order chi connectivity index (χ1) is 12.6. The molecule has 0 fully saturated rings. The van der Waals surface area contributed by atoms with Crippen LogP contribution in [-0.2, 0) is 6.42 Å². The van der Waals surface area contributed by atoms with E-state index in [0.29, 0.717) is 11.4 Å². The Morgan fingerprint density at radius 1 is 1.31 bits per heavy atom. The minimum atomic E-state index is -0.317. The van der Waals surface area contributed by atoms with Crippen molar-refractivity contribution >= 4 is 21.8 Å². The topological polar surface area (TPSA) is 59.8 Å². The Hall–Kier alpha value is -2.54. The van der Waals surface area contributed by atoms with Crippen LogP contribution in [0.5, 0.6) is 0 Å². The Kier molecular flexibility index (Phi) is 4.55. The third kappa shape index (κ3) is 3.14. The number of benzene rings is 1. The predicted molar refractivity (Wildman–Crippen MR) is 98.6 cm³/mol. The second-order valence-corrected chi connectivity index (χ2v) is 7.10. The van der Waals surface area contributed by atoms with E-state index in [0.717, 1.165) is 35.0 Å². The average Bonchev–Trinajstić information content (AvgIpc) is 3.07. The fraction of sp³-hybridized carbons (Fsp3) is 0.211.